The van der Waals surface area contributed by atoms with Crippen LogP contribution >= 0.6 is 22.7 Å². The maximum absolute atomic E-state index is 12.9. The second-order valence-corrected chi connectivity index (χ2v) is 9.01. The minimum atomic E-state index is -0.387. The number of hydrogen-bond donors (Lipinski definition) is 1. The normalized spacial score (nSPS) is 15.1. The fourth-order valence-electron chi connectivity index (χ4n) is 3.58. The molecule has 1 N–H and O–H groups in total. The Morgan fingerprint density at radius 3 is 2.56 bits per heavy atom. The van der Waals surface area contributed by atoms with E-state index < -0.39 is 0 Å². The van der Waals surface area contributed by atoms with E-state index in [0.29, 0.717) is 24.5 Å². The molecule has 5 nitrogen and oxygen atoms in total. The Balaban J connectivity index is 1.66. The van der Waals surface area contributed by atoms with Gasteiger partial charge in [-0.25, -0.2) is 9.97 Å². The van der Waals surface area contributed by atoms with Crippen LogP contribution in [0.4, 0.5) is 0 Å². The van der Waals surface area contributed by atoms with Gasteiger partial charge < -0.3 is 5.11 Å². The molecule has 1 aliphatic carbocycles. The van der Waals surface area contributed by atoms with Gasteiger partial charge in [0.15, 0.2) is 21.6 Å². The van der Waals surface area contributed by atoms with Crippen LogP contribution in [0.5, 0.6) is 0 Å². The highest BCUT2D eigenvalue weighted by Gasteiger charge is 2.26. The number of rotatable bonds is 10. The highest BCUT2D eigenvalue weighted by atomic mass is 32.1. The SMILES string of the molecule is O=C(CO)CCCCCC(=O)c1nc(-c2nccs2)sc1C1CCCCC1. The molecular formula is C20H26N2O3S2. The molecule has 0 bridgehead atoms. The monoisotopic (exact) mass is 406 g/mol. The second-order valence-electron chi connectivity index (χ2n) is 7.08. The van der Waals surface area contributed by atoms with Crippen LogP contribution in [-0.2, 0) is 4.79 Å². The minimum Gasteiger partial charge on any atom is -0.389 e. The zero-order chi connectivity index (χ0) is 19.1. The first-order chi connectivity index (χ1) is 13.2. The Bertz CT molecular complexity index is 749. The lowest BCUT2D eigenvalue weighted by atomic mass is 9.87. The molecule has 1 fully saturated rings. The predicted octanol–water partition coefficient (Wildman–Crippen LogP) is 5.01. The van der Waals surface area contributed by atoms with Crippen LogP contribution in [0, 0.1) is 0 Å². The third kappa shape index (κ3) is 5.53. The molecule has 1 aliphatic rings. The van der Waals surface area contributed by atoms with E-state index >= 15 is 0 Å². The summed E-state index contributed by atoms with van der Waals surface area (Å²) in [6, 6.07) is 0. The summed E-state index contributed by atoms with van der Waals surface area (Å²) in [5.41, 5.74) is 0.656. The third-order valence-corrected chi connectivity index (χ3v) is 7.18. The molecule has 0 unspecified atom stereocenters. The Morgan fingerprint density at radius 2 is 1.85 bits per heavy atom. The lowest BCUT2D eigenvalue weighted by molar-refractivity contribution is -0.121. The Morgan fingerprint density at radius 1 is 1.07 bits per heavy atom. The number of thiazole rings is 2. The van der Waals surface area contributed by atoms with Gasteiger partial charge in [-0.3, -0.25) is 9.59 Å². The van der Waals surface area contributed by atoms with Crippen molar-refractivity contribution in [1.29, 1.82) is 0 Å². The smallest absolute Gasteiger partial charge is 0.182 e. The van der Waals surface area contributed by atoms with Gasteiger partial charge in [0.1, 0.15) is 12.3 Å². The van der Waals surface area contributed by atoms with Gasteiger partial charge in [-0.05, 0) is 31.6 Å². The van der Waals surface area contributed by atoms with Crippen molar-refractivity contribution in [3.8, 4) is 10.0 Å². The number of carbonyl (C=O) groups excluding carboxylic acids is 2. The molecule has 1 saturated carbocycles. The van der Waals surface area contributed by atoms with E-state index in [1.807, 2.05) is 5.38 Å². The largest absolute Gasteiger partial charge is 0.389 e. The van der Waals surface area contributed by atoms with Crippen LogP contribution in [-0.4, -0.2) is 33.2 Å². The summed E-state index contributed by atoms with van der Waals surface area (Å²) in [4.78, 5) is 34.2. The second kappa shape index (κ2) is 10.2. The number of aliphatic hydroxyl groups is 1. The molecule has 3 rings (SSSR count). The van der Waals surface area contributed by atoms with E-state index in [9.17, 15) is 9.59 Å². The Kier molecular flexibility index (Phi) is 7.67. The van der Waals surface area contributed by atoms with Crippen molar-refractivity contribution in [3.05, 3.63) is 22.1 Å². The molecule has 2 aromatic rings. The van der Waals surface area contributed by atoms with E-state index in [1.165, 1.54) is 19.3 Å². The molecule has 0 spiro atoms. The molecule has 2 aromatic heterocycles. The zero-order valence-electron chi connectivity index (χ0n) is 15.5. The number of hydrogen-bond acceptors (Lipinski definition) is 7. The van der Waals surface area contributed by atoms with Crippen molar-refractivity contribution in [3.63, 3.8) is 0 Å². The maximum atomic E-state index is 12.9. The number of Topliss-reactive ketones (excluding diaryl/α,β-unsaturated/α-hetero) is 2. The van der Waals surface area contributed by atoms with Crippen molar-refractivity contribution < 1.29 is 14.7 Å². The van der Waals surface area contributed by atoms with Crippen molar-refractivity contribution in [1.82, 2.24) is 9.97 Å². The summed E-state index contributed by atoms with van der Waals surface area (Å²) < 4.78 is 0. The van der Waals surface area contributed by atoms with E-state index in [-0.39, 0.29) is 18.2 Å². The van der Waals surface area contributed by atoms with Crippen LogP contribution in [0.1, 0.15) is 85.5 Å². The molecule has 0 saturated heterocycles. The number of nitrogens with zero attached hydrogens (tertiary/aromatic N) is 2. The minimum absolute atomic E-state index is 0.114. The van der Waals surface area contributed by atoms with Gasteiger partial charge in [0.05, 0.1) is 0 Å². The molecule has 7 heteroatoms. The molecule has 2 heterocycles. The van der Waals surface area contributed by atoms with Gasteiger partial charge in [0.2, 0.25) is 0 Å². The summed E-state index contributed by atoms with van der Waals surface area (Å²) >= 11 is 3.21. The molecule has 0 radical (unpaired) electrons. The molecule has 27 heavy (non-hydrogen) atoms. The van der Waals surface area contributed by atoms with Gasteiger partial charge in [-0.15, -0.1) is 22.7 Å². The van der Waals surface area contributed by atoms with Gasteiger partial charge in [0.25, 0.3) is 0 Å². The molecule has 0 amide bonds. The average molecular weight is 407 g/mol. The first-order valence-corrected chi connectivity index (χ1v) is 11.4. The summed E-state index contributed by atoms with van der Waals surface area (Å²) in [6.07, 6.45) is 10.9. The lowest BCUT2D eigenvalue weighted by Gasteiger charge is -2.20. The number of unbranched alkanes of at least 4 members (excludes halogenated alkanes) is 2. The van der Waals surface area contributed by atoms with Crippen molar-refractivity contribution >= 4 is 34.2 Å². The van der Waals surface area contributed by atoms with Crippen LogP contribution in [0.25, 0.3) is 10.0 Å². The first kappa shape index (κ1) is 20.3. The fourth-order valence-corrected chi connectivity index (χ4v) is 5.51. The summed E-state index contributed by atoms with van der Waals surface area (Å²) in [6.45, 7) is -0.387. The maximum Gasteiger partial charge on any atom is 0.182 e. The summed E-state index contributed by atoms with van der Waals surface area (Å²) in [7, 11) is 0. The molecular weight excluding hydrogens is 380 g/mol. The summed E-state index contributed by atoms with van der Waals surface area (Å²) in [5.74, 6) is 0.433. The van der Waals surface area contributed by atoms with Crippen LogP contribution in [0.15, 0.2) is 11.6 Å². The molecule has 146 valence electrons. The van der Waals surface area contributed by atoms with Gasteiger partial charge in [0, 0.05) is 29.3 Å². The highest BCUT2D eigenvalue weighted by Crippen LogP contribution is 2.41. The average Bonchev–Trinajstić information content (AvgIpc) is 3.37. The summed E-state index contributed by atoms with van der Waals surface area (Å²) in [5, 5.41) is 12.4. The van der Waals surface area contributed by atoms with Crippen LogP contribution in [0.2, 0.25) is 0 Å². The van der Waals surface area contributed by atoms with Crippen LogP contribution < -0.4 is 0 Å². The number of carbonyl (C=O) groups is 2. The molecule has 0 aromatic carbocycles. The van der Waals surface area contributed by atoms with Crippen molar-refractivity contribution in [2.24, 2.45) is 0 Å². The van der Waals surface area contributed by atoms with Crippen molar-refractivity contribution in [2.45, 2.75) is 70.1 Å². The quantitative estimate of drug-likeness (QED) is 0.443. The zero-order valence-corrected chi connectivity index (χ0v) is 17.1. The number of aromatic nitrogens is 2. The van der Waals surface area contributed by atoms with E-state index in [0.717, 1.165) is 47.0 Å². The van der Waals surface area contributed by atoms with Gasteiger partial charge in [-0.1, -0.05) is 25.7 Å². The van der Waals surface area contributed by atoms with E-state index in [2.05, 4.69) is 4.98 Å². The number of aliphatic hydroxyl groups excluding tert-OH is 1. The predicted molar refractivity (Wildman–Crippen MR) is 109 cm³/mol. The van der Waals surface area contributed by atoms with Crippen molar-refractivity contribution in [2.75, 3.05) is 6.61 Å². The third-order valence-electron chi connectivity index (χ3n) is 5.04. The van der Waals surface area contributed by atoms with Gasteiger partial charge in [-0.2, -0.15) is 0 Å². The lowest BCUT2D eigenvalue weighted by Crippen LogP contribution is -2.09. The fraction of sp³-hybridized carbons (Fsp3) is 0.600. The topological polar surface area (TPSA) is 80.1 Å². The molecule has 0 aliphatic heterocycles. The highest BCUT2D eigenvalue weighted by molar-refractivity contribution is 7.20. The van der Waals surface area contributed by atoms with E-state index in [4.69, 9.17) is 10.1 Å². The van der Waals surface area contributed by atoms with Crippen LogP contribution in [0.3, 0.4) is 0 Å². The molecule has 0 atom stereocenters. The van der Waals surface area contributed by atoms with Gasteiger partial charge >= 0.3 is 0 Å². The van der Waals surface area contributed by atoms with E-state index in [1.54, 1.807) is 28.9 Å². The standard InChI is InChI=1S/C20H26N2O3S2/c23-13-15(24)9-5-2-6-10-16(25)17-18(14-7-3-1-4-8-14)27-20(22-17)19-21-11-12-26-19/h11-12,14,23H,1-10,13H2. The first-order valence-electron chi connectivity index (χ1n) is 9.75. The Hall–Kier alpha value is -1.44. The Labute approximate surface area is 167 Å². The number of ketones is 2.